The molecule has 0 aromatic heterocycles. The molecule has 0 spiro atoms. The molecular formula is C24H22N2O7S. The number of fused-ring (bicyclic) bond motifs is 1. The summed E-state index contributed by atoms with van der Waals surface area (Å²) >= 11 is 0. The highest BCUT2D eigenvalue weighted by Crippen LogP contribution is 2.33. The number of rotatable bonds is 8. The minimum atomic E-state index is -3.88. The predicted molar refractivity (Wildman–Crippen MR) is 127 cm³/mol. The third-order valence-electron chi connectivity index (χ3n) is 4.91. The van der Waals surface area contributed by atoms with Gasteiger partial charge in [0.15, 0.2) is 11.5 Å². The highest BCUT2D eigenvalue weighted by atomic mass is 32.2. The molecular weight excluding hydrogens is 460 g/mol. The average Bonchev–Trinajstić information content (AvgIpc) is 3.31. The summed E-state index contributed by atoms with van der Waals surface area (Å²) in [6, 6.07) is 15.9. The molecule has 1 amide bonds. The summed E-state index contributed by atoms with van der Waals surface area (Å²) in [4.78, 5) is 12.3. The summed E-state index contributed by atoms with van der Waals surface area (Å²) in [5.74, 6) is 1.78. The largest absolute Gasteiger partial charge is 0.497 e. The lowest BCUT2D eigenvalue weighted by Gasteiger charge is -2.13. The van der Waals surface area contributed by atoms with Crippen molar-refractivity contribution in [1.82, 2.24) is 0 Å². The number of nitrogens with one attached hydrogen (secondary N) is 2. The second-order valence-electron chi connectivity index (χ2n) is 7.13. The maximum absolute atomic E-state index is 12.8. The molecule has 34 heavy (non-hydrogen) atoms. The second-order valence-corrected chi connectivity index (χ2v) is 8.81. The van der Waals surface area contributed by atoms with Gasteiger partial charge in [0, 0.05) is 17.8 Å². The molecule has 0 saturated carbocycles. The van der Waals surface area contributed by atoms with Crippen LogP contribution in [0.25, 0.3) is 6.08 Å². The van der Waals surface area contributed by atoms with Crippen molar-refractivity contribution in [2.75, 3.05) is 31.1 Å². The van der Waals surface area contributed by atoms with Gasteiger partial charge in [0.1, 0.15) is 11.5 Å². The molecule has 9 nitrogen and oxygen atoms in total. The first-order valence-corrected chi connectivity index (χ1v) is 11.6. The summed E-state index contributed by atoms with van der Waals surface area (Å²) in [6.07, 6.45) is 3.02. The van der Waals surface area contributed by atoms with E-state index in [1.54, 1.807) is 36.4 Å². The van der Waals surface area contributed by atoms with E-state index in [0.29, 0.717) is 28.7 Å². The van der Waals surface area contributed by atoms with Crippen molar-refractivity contribution in [3.05, 3.63) is 72.3 Å². The van der Waals surface area contributed by atoms with Crippen LogP contribution in [-0.2, 0) is 14.8 Å². The van der Waals surface area contributed by atoms with Crippen molar-refractivity contribution >= 4 is 33.4 Å². The highest BCUT2D eigenvalue weighted by molar-refractivity contribution is 7.92. The van der Waals surface area contributed by atoms with E-state index < -0.39 is 10.0 Å². The van der Waals surface area contributed by atoms with Gasteiger partial charge >= 0.3 is 0 Å². The smallest absolute Gasteiger partial charge is 0.262 e. The number of amides is 1. The van der Waals surface area contributed by atoms with Crippen LogP contribution in [0.15, 0.2) is 71.6 Å². The minimum absolute atomic E-state index is 0.0271. The van der Waals surface area contributed by atoms with E-state index >= 15 is 0 Å². The van der Waals surface area contributed by atoms with E-state index in [1.165, 1.54) is 44.6 Å². The van der Waals surface area contributed by atoms with E-state index in [4.69, 9.17) is 18.9 Å². The fourth-order valence-corrected chi connectivity index (χ4v) is 4.25. The number of carbonyl (C=O) groups excluding carboxylic acids is 1. The van der Waals surface area contributed by atoms with Gasteiger partial charge in [-0.05, 0) is 60.2 Å². The van der Waals surface area contributed by atoms with Gasteiger partial charge in [-0.3, -0.25) is 9.52 Å². The van der Waals surface area contributed by atoms with Crippen molar-refractivity contribution < 1.29 is 32.2 Å². The Bertz CT molecular complexity index is 1340. The normalized spacial score (nSPS) is 12.4. The van der Waals surface area contributed by atoms with Crippen LogP contribution < -0.4 is 29.0 Å². The lowest BCUT2D eigenvalue weighted by atomic mass is 10.2. The fourth-order valence-electron chi connectivity index (χ4n) is 3.18. The van der Waals surface area contributed by atoms with Gasteiger partial charge in [-0.1, -0.05) is 6.07 Å². The van der Waals surface area contributed by atoms with Gasteiger partial charge in [0.05, 0.1) is 24.8 Å². The average molecular weight is 483 g/mol. The molecule has 0 fully saturated rings. The number of ether oxygens (including phenoxy) is 4. The predicted octanol–water partition coefficient (Wildman–Crippen LogP) is 3.89. The van der Waals surface area contributed by atoms with Crippen molar-refractivity contribution in [2.24, 2.45) is 0 Å². The summed E-state index contributed by atoms with van der Waals surface area (Å²) in [5, 5.41) is 2.69. The number of sulfonamides is 1. The van der Waals surface area contributed by atoms with Crippen LogP contribution in [0, 0.1) is 0 Å². The lowest BCUT2D eigenvalue weighted by Crippen LogP contribution is -2.14. The summed E-state index contributed by atoms with van der Waals surface area (Å²) < 4.78 is 49.0. The molecule has 0 aliphatic carbocycles. The number of anilines is 2. The van der Waals surface area contributed by atoms with Crippen molar-refractivity contribution in [3.63, 3.8) is 0 Å². The number of benzene rings is 3. The molecule has 4 rings (SSSR count). The summed E-state index contributed by atoms with van der Waals surface area (Å²) in [7, 11) is -0.940. The molecule has 0 saturated heterocycles. The Labute approximate surface area is 197 Å². The maximum atomic E-state index is 12.8. The molecule has 0 bridgehead atoms. The van der Waals surface area contributed by atoms with Crippen molar-refractivity contribution in [3.8, 4) is 23.0 Å². The monoisotopic (exact) mass is 482 g/mol. The van der Waals surface area contributed by atoms with Crippen molar-refractivity contribution in [1.29, 1.82) is 0 Å². The summed E-state index contributed by atoms with van der Waals surface area (Å²) in [6.45, 7) is 0.178. The van der Waals surface area contributed by atoms with Gasteiger partial charge in [0.2, 0.25) is 12.7 Å². The molecule has 3 aromatic carbocycles. The van der Waals surface area contributed by atoms with Crippen molar-refractivity contribution in [2.45, 2.75) is 4.90 Å². The molecule has 3 aromatic rings. The number of hydrogen-bond donors (Lipinski definition) is 2. The maximum Gasteiger partial charge on any atom is 0.262 e. The Morgan fingerprint density at radius 3 is 2.44 bits per heavy atom. The molecule has 176 valence electrons. The SMILES string of the molecule is COc1ccc(NS(=O)(=O)c2ccc(NC(=O)C=Cc3ccc4c(c3)OCO4)cc2)c(OC)c1. The topological polar surface area (TPSA) is 112 Å². The Balaban J connectivity index is 1.40. The van der Waals surface area contributed by atoms with Gasteiger partial charge in [-0.25, -0.2) is 8.42 Å². The Hall–Kier alpha value is -4.18. The van der Waals surface area contributed by atoms with E-state index in [-0.39, 0.29) is 23.3 Å². The lowest BCUT2D eigenvalue weighted by molar-refractivity contribution is -0.111. The molecule has 1 heterocycles. The fraction of sp³-hybridized carbons (Fsp3) is 0.125. The quantitative estimate of drug-likeness (QED) is 0.469. The Morgan fingerprint density at radius 1 is 0.941 bits per heavy atom. The zero-order valence-electron chi connectivity index (χ0n) is 18.4. The molecule has 2 N–H and O–H groups in total. The van der Waals surface area contributed by atoms with Crippen LogP contribution >= 0.6 is 0 Å². The van der Waals surface area contributed by atoms with Gasteiger partial charge < -0.3 is 24.3 Å². The molecule has 0 radical (unpaired) electrons. The first-order chi connectivity index (χ1) is 16.4. The third-order valence-corrected chi connectivity index (χ3v) is 6.29. The van der Waals surface area contributed by atoms with Crippen LogP contribution in [0.3, 0.4) is 0 Å². The van der Waals surface area contributed by atoms with E-state index in [0.717, 1.165) is 5.56 Å². The van der Waals surface area contributed by atoms with Gasteiger partial charge in [0.25, 0.3) is 10.0 Å². The van der Waals surface area contributed by atoms with Crippen LogP contribution in [0.5, 0.6) is 23.0 Å². The van der Waals surface area contributed by atoms with Crippen LogP contribution in [-0.4, -0.2) is 35.3 Å². The standard InChI is InChI=1S/C24H22N2O7S/c1-30-18-7-10-20(22(14-18)31-2)26-34(28,29)19-8-5-17(6-9-19)25-24(27)12-4-16-3-11-21-23(13-16)33-15-32-21/h3-14,26H,15H2,1-2H3,(H,25,27). The molecule has 10 heteroatoms. The van der Waals surface area contributed by atoms with E-state index in [1.807, 2.05) is 6.07 Å². The molecule has 1 aliphatic rings. The number of methoxy groups -OCH3 is 2. The van der Waals surface area contributed by atoms with Crippen LogP contribution in [0.4, 0.5) is 11.4 Å². The van der Waals surface area contributed by atoms with Gasteiger partial charge in [-0.15, -0.1) is 0 Å². The second kappa shape index (κ2) is 9.75. The van der Waals surface area contributed by atoms with E-state index in [9.17, 15) is 13.2 Å². The summed E-state index contributed by atoms with van der Waals surface area (Å²) in [5.41, 5.74) is 1.50. The first-order valence-electron chi connectivity index (χ1n) is 10.1. The molecule has 0 atom stereocenters. The third kappa shape index (κ3) is 5.24. The zero-order chi connectivity index (χ0) is 24.1. The molecule has 1 aliphatic heterocycles. The van der Waals surface area contributed by atoms with Crippen LogP contribution in [0.2, 0.25) is 0 Å². The van der Waals surface area contributed by atoms with Crippen LogP contribution in [0.1, 0.15) is 5.56 Å². The first kappa shape index (κ1) is 23.0. The Kier molecular flexibility index (Phi) is 6.60. The zero-order valence-corrected chi connectivity index (χ0v) is 19.2. The highest BCUT2D eigenvalue weighted by Gasteiger charge is 2.17. The number of carbonyl (C=O) groups is 1. The Morgan fingerprint density at radius 2 is 1.71 bits per heavy atom. The number of hydrogen-bond acceptors (Lipinski definition) is 7. The van der Waals surface area contributed by atoms with E-state index in [2.05, 4.69) is 10.0 Å². The minimum Gasteiger partial charge on any atom is -0.497 e. The molecule has 0 unspecified atom stereocenters. The van der Waals surface area contributed by atoms with Gasteiger partial charge in [-0.2, -0.15) is 0 Å².